The Bertz CT molecular complexity index is 7340. The number of hydrogen-bond donors (Lipinski definition) is 2. The van der Waals surface area contributed by atoms with Crippen LogP contribution in [0, 0.1) is 0 Å². The molecular formula is C100H66BBrN12O2. The molecule has 14 aromatic carbocycles. The van der Waals surface area contributed by atoms with Crippen LogP contribution in [-0.4, -0.2) is 75.3 Å². The van der Waals surface area contributed by atoms with Crippen molar-refractivity contribution in [2.75, 3.05) is 0 Å². The summed E-state index contributed by atoms with van der Waals surface area (Å²) in [6, 6.07) is 128. The standard InChI is InChI=1S/C50H32N6.C32H20BrN5.C18H14BNO2/c1-4-14-33(15-5-1)47-52-48(34-16-6-2-7-17-34)54-49(53-47)37-18-12-21-39(30-37)56-46-32-36(25-27-41(46)42-23-13-29-51-50(42)56)35-26-28-45-43(31-35)40-22-10-11-24-44(40)55(45)38-19-8-3-9-20-38;33-24-16-17-26-27-15-8-18-34-32(27)38(28(26)20-24)25-14-7-13-23(19-25)31-36-29(21-9-3-1-4-10-21)35-30(37-31)22-11-5-2-6-12-22;21-19(22)13-10-11-18-16(12-13)15-8-4-5-9-17(15)20(18)14-6-2-1-3-7-14/h1-32H;1-20H;1-12,21-22H. The van der Waals surface area contributed by atoms with Crippen LogP contribution in [-0.2, 0) is 0 Å². The molecule has 8 heterocycles. The number of benzene rings is 14. The summed E-state index contributed by atoms with van der Waals surface area (Å²) < 4.78 is 10.0. The Hall–Kier alpha value is -14.9. The lowest BCUT2D eigenvalue weighted by Crippen LogP contribution is -2.29. The topological polar surface area (TPSA) is 163 Å². The van der Waals surface area contributed by atoms with Crippen LogP contribution >= 0.6 is 15.9 Å². The molecule has 0 bridgehead atoms. The van der Waals surface area contributed by atoms with Crippen molar-refractivity contribution in [2.45, 2.75) is 0 Å². The minimum Gasteiger partial charge on any atom is -0.423 e. The third-order valence-corrected chi connectivity index (χ3v) is 21.7. The highest BCUT2D eigenvalue weighted by Gasteiger charge is 2.23. The maximum atomic E-state index is 9.43. The van der Waals surface area contributed by atoms with Crippen molar-refractivity contribution in [1.29, 1.82) is 0 Å². The zero-order valence-corrected chi connectivity index (χ0v) is 63.8. The molecule has 548 valence electrons. The maximum Gasteiger partial charge on any atom is 0.488 e. The van der Waals surface area contributed by atoms with Gasteiger partial charge in [0.25, 0.3) is 0 Å². The van der Waals surface area contributed by atoms with E-state index >= 15 is 0 Å². The van der Waals surface area contributed by atoms with Crippen LogP contribution in [0.4, 0.5) is 0 Å². The maximum absolute atomic E-state index is 9.43. The summed E-state index contributed by atoms with van der Waals surface area (Å²) in [4.78, 5) is 39.2. The summed E-state index contributed by atoms with van der Waals surface area (Å²) in [5, 5.41) is 27.9. The molecule has 0 fully saturated rings. The molecule has 8 aromatic heterocycles. The zero-order valence-electron chi connectivity index (χ0n) is 62.2. The van der Waals surface area contributed by atoms with Gasteiger partial charge in [-0.15, -0.1) is 0 Å². The molecule has 0 saturated carbocycles. The SMILES string of the molecule is Brc1ccc2c3cccnc3n(-c3cccc(-c4nc(-c5ccccc5)nc(-c5ccccc5)n4)c3)c2c1.OB(O)c1ccc2c(c1)c1ccccc1n2-c1ccccc1.c1ccc(-c2nc(-c3ccccc3)nc(-c3cccc(-n4c5cc(-c6ccc7c(c6)c6ccccc6n7-c6ccccc6)ccc5c5cccnc54)c3)n2)cc1. The number of pyridine rings is 2. The van der Waals surface area contributed by atoms with Crippen LogP contribution < -0.4 is 5.46 Å². The molecule has 116 heavy (non-hydrogen) atoms. The van der Waals surface area contributed by atoms with E-state index in [0.717, 1.165) is 137 Å². The Morgan fingerprint density at radius 1 is 0.216 bits per heavy atom. The van der Waals surface area contributed by atoms with Gasteiger partial charge in [-0.2, -0.15) is 0 Å². The van der Waals surface area contributed by atoms with Crippen LogP contribution in [0.25, 0.3) is 190 Å². The molecule has 16 heteroatoms. The number of nitrogens with zero attached hydrogens (tertiary/aromatic N) is 12. The van der Waals surface area contributed by atoms with Crippen molar-refractivity contribution in [3.05, 3.63) is 393 Å². The van der Waals surface area contributed by atoms with Crippen molar-refractivity contribution < 1.29 is 10.0 Å². The van der Waals surface area contributed by atoms with E-state index in [1.807, 2.05) is 200 Å². The van der Waals surface area contributed by atoms with Gasteiger partial charge < -0.3 is 19.2 Å². The average Bonchev–Trinajstić information content (AvgIpc) is 1.60. The predicted molar refractivity (Wildman–Crippen MR) is 475 cm³/mol. The summed E-state index contributed by atoms with van der Waals surface area (Å²) >= 11 is 3.65. The van der Waals surface area contributed by atoms with Crippen molar-refractivity contribution in [3.8, 4) is 102 Å². The molecule has 0 aliphatic carbocycles. The van der Waals surface area contributed by atoms with Crippen LogP contribution in [0.2, 0.25) is 0 Å². The Labute approximate surface area is 674 Å². The zero-order chi connectivity index (χ0) is 77.6. The summed E-state index contributed by atoms with van der Waals surface area (Å²) in [7, 11) is -1.46. The first kappa shape index (κ1) is 70.2. The molecule has 0 amide bonds. The fourth-order valence-electron chi connectivity index (χ4n) is 15.8. The fourth-order valence-corrected chi connectivity index (χ4v) is 16.2. The number of rotatable bonds is 12. The van der Waals surface area contributed by atoms with E-state index in [1.165, 1.54) is 21.8 Å². The van der Waals surface area contributed by atoms with Gasteiger partial charge in [-0.05, 0) is 138 Å². The minimum atomic E-state index is -1.46. The number of aromatic nitrogens is 12. The van der Waals surface area contributed by atoms with Gasteiger partial charge in [0, 0.05) is 116 Å². The molecule has 0 radical (unpaired) electrons. The Kier molecular flexibility index (Phi) is 18.3. The molecule has 22 rings (SSSR count). The van der Waals surface area contributed by atoms with E-state index in [4.69, 9.17) is 39.9 Å². The van der Waals surface area contributed by atoms with Gasteiger partial charge in [0.2, 0.25) is 0 Å². The minimum absolute atomic E-state index is 0.503. The van der Waals surface area contributed by atoms with Crippen molar-refractivity contribution in [3.63, 3.8) is 0 Å². The second-order valence-electron chi connectivity index (χ2n) is 28.2. The number of para-hydroxylation sites is 4. The van der Waals surface area contributed by atoms with E-state index in [0.29, 0.717) is 40.4 Å². The van der Waals surface area contributed by atoms with Crippen molar-refractivity contribution in [2.24, 2.45) is 0 Å². The van der Waals surface area contributed by atoms with Crippen LogP contribution in [0.1, 0.15) is 0 Å². The highest BCUT2D eigenvalue weighted by Crippen LogP contribution is 2.41. The predicted octanol–water partition coefficient (Wildman–Crippen LogP) is 22.7. The van der Waals surface area contributed by atoms with Gasteiger partial charge in [0.15, 0.2) is 34.9 Å². The van der Waals surface area contributed by atoms with E-state index in [1.54, 1.807) is 6.07 Å². The Morgan fingerprint density at radius 2 is 0.543 bits per heavy atom. The Balaban J connectivity index is 0.000000124. The number of fused-ring (bicyclic) bond motifs is 12. The third kappa shape index (κ3) is 13.2. The van der Waals surface area contributed by atoms with Crippen LogP contribution in [0.15, 0.2) is 393 Å². The summed E-state index contributed by atoms with van der Waals surface area (Å²) in [5.74, 6) is 3.77. The molecule has 2 N–H and O–H groups in total. The van der Waals surface area contributed by atoms with Gasteiger partial charge in [0.1, 0.15) is 11.3 Å². The first-order valence-corrected chi connectivity index (χ1v) is 39.0. The molecule has 22 aromatic rings. The second-order valence-corrected chi connectivity index (χ2v) is 29.2. The fraction of sp³-hybridized carbons (Fsp3) is 0. The summed E-state index contributed by atoms with van der Waals surface area (Å²) in [6.45, 7) is 0. The summed E-state index contributed by atoms with van der Waals surface area (Å²) in [6.07, 6.45) is 3.70. The molecule has 0 saturated heterocycles. The highest BCUT2D eigenvalue weighted by molar-refractivity contribution is 9.10. The molecule has 0 unspecified atom stereocenters. The highest BCUT2D eigenvalue weighted by atomic mass is 79.9. The molecule has 0 spiro atoms. The molecule has 0 aliphatic rings. The lowest BCUT2D eigenvalue weighted by atomic mass is 9.80. The van der Waals surface area contributed by atoms with Gasteiger partial charge in [-0.25, -0.2) is 39.9 Å². The molecular weight excluding hydrogens is 1490 g/mol. The molecule has 0 atom stereocenters. The number of halogens is 1. The van der Waals surface area contributed by atoms with Gasteiger partial charge in [0.05, 0.1) is 33.1 Å². The third-order valence-electron chi connectivity index (χ3n) is 21.2. The monoisotopic (exact) mass is 1560 g/mol. The first-order chi connectivity index (χ1) is 57.3. The first-order valence-electron chi connectivity index (χ1n) is 38.2. The lowest BCUT2D eigenvalue weighted by Gasteiger charge is -2.12. The average molecular weight is 1560 g/mol. The smallest absolute Gasteiger partial charge is 0.423 e. The van der Waals surface area contributed by atoms with E-state index < -0.39 is 7.12 Å². The molecule has 14 nitrogen and oxygen atoms in total. The largest absolute Gasteiger partial charge is 0.488 e. The normalized spacial score (nSPS) is 11.4. The van der Waals surface area contributed by atoms with Crippen LogP contribution in [0.3, 0.4) is 0 Å². The van der Waals surface area contributed by atoms with Crippen molar-refractivity contribution >= 4 is 116 Å². The van der Waals surface area contributed by atoms with Gasteiger partial charge in [-0.1, -0.05) is 271 Å². The van der Waals surface area contributed by atoms with E-state index in [-0.39, 0.29) is 0 Å². The van der Waals surface area contributed by atoms with Crippen LogP contribution in [0.5, 0.6) is 0 Å². The lowest BCUT2D eigenvalue weighted by molar-refractivity contribution is 0.426. The van der Waals surface area contributed by atoms with Gasteiger partial charge in [-0.3, -0.25) is 9.13 Å². The number of hydrogen-bond acceptors (Lipinski definition) is 10. The van der Waals surface area contributed by atoms with Gasteiger partial charge >= 0.3 is 7.12 Å². The quantitative estimate of drug-likeness (QED) is 0.113. The molecule has 0 aliphatic heterocycles. The Morgan fingerprint density at radius 3 is 0.991 bits per heavy atom. The summed E-state index contributed by atoms with van der Waals surface area (Å²) in [5.41, 5.74) is 21.0. The van der Waals surface area contributed by atoms with E-state index in [2.05, 4.69) is 216 Å². The van der Waals surface area contributed by atoms with E-state index in [9.17, 15) is 10.0 Å². The second kappa shape index (κ2) is 30.3. The van der Waals surface area contributed by atoms with Crippen molar-refractivity contribution in [1.82, 2.24) is 58.1 Å².